The Bertz CT molecular complexity index is 5990. The smallest absolute Gasteiger partial charge is 0.0463 e. The van der Waals surface area contributed by atoms with Crippen LogP contribution in [0.5, 0.6) is 0 Å². The zero-order valence-corrected chi connectivity index (χ0v) is 73.6. The summed E-state index contributed by atoms with van der Waals surface area (Å²) < 4.78 is 11.3. The first-order valence-corrected chi connectivity index (χ1v) is 44.9. The van der Waals surface area contributed by atoms with Crippen molar-refractivity contribution < 1.29 is 0 Å². The highest BCUT2D eigenvalue weighted by Gasteiger charge is 2.12. The molecule has 9 aromatic heterocycles. The molecule has 0 amide bonds. The number of aryl methyl sites for hydroxylation is 16. The maximum absolute atomic E-state index is 2.33. The normalized spacial score (nSPS) is 10.9. The van der Waals surface area contributed by atoms with Crippen molar-refractivity contribution in [2.75, 3.05) is 0 Å². The summed E-state index contributed by atoms with van der Waals surface area (Å²) in [5.74, 6) is 0. The highest BCUT2D eigenvalue weighted by molar-refractivity contribution is 7.31. The Labute approximate surface area is 692 Å². The second-order valence-corrected chi connectivity index (χ2v) is 40.1. The number of fused-ring (bicyclic) bond motifs is 10. The van der Waals surface area contributed by atoms with Crippen LogP contribution < -0.4 is 0 Å². The molecule has 0 aliphatic carbocycles. The Morgan fingerprint density at radius 3 is 0.748 bits per heavy atom. The Kier molecular flexibility index (Phi) is 26.3. The van der Waals surface area contributed by atoms with Gasteiger partial charge in [0.25, 0.3) is 0 Å². The van der Waals surface area contributed by atoms with Crippen molar-refractivity contribution in [3.05, 3.63) is 364 Å². The zero-order valence-electron chi connectivity index (χ0n) is 66.2. The average molecular weight is 1610 g/mol. The lowest BCUT2D eigenvalue weighted by atomic mass is 9.99. The molecule has 11 aromatic carbocycles. The molecule has 0 nitrogen and oxygen atoms in total. The van der Waals surface area contributed by atoms with Crippen molar-refractivity contribution in [1.82, 2.24) is 0 Å². The van der Waals surface area contributed by atoms with Gasteiger partial charge in [0.15, 0.2) is 0 Å². The van der Waals surface area contributed by atoms with Gasteiger partial charge < -0.3 is 0 Å². The van der Waals surface area contributed by atoms with Gasteiger partial charge in [-0.1, -0.05) is 239 Å². The number of thiophene rings is 9. The van der Waals surface area contributed by atoms with Gasteiger partial charge in [-0.15, -0.1) is 102 Å². The molecule has 20 aromatic rings. The van der Waals surface area contributed by atoms with E-state index in [1.807, 2.05) is 102 Å². The van der Waals surface area contributed by atoms with Gasteiger partial charge in [0.05, 0.1) is 0 Å². The van der Waals surface area contributed by atoms with E-state index in [1.165, 1.54) is 207 Å². The van der Waals surface area contributed by atoms with E-state index < -0.39 is 0 Å². The lowest BCUT2D eigenvalue weighted by Gasteiger charge is -2.05. The molecule has 556 valence electrons. The van der Waals surface area contributed by atoms with Crippen LogP contribution in [0.2, 0.25) is 0 Å². The minimum absolute atomic E-state index is 1.30. The molecule has 111 heavy (non-hydrogen) atoms. The van der Waals surface area contributed by atoms with Crippen LogP contribution in [0.15, 0.2) is 279 Å². The first-order chi connectivity index (χ1) is 53.4. The van der Waals surface area contributed by atoms with Gasteiger partial charge in [0, 0.05) is 97.1 Å². The quantitative estimate of drug-likeness (QED) is 0.154. The van der Waals surface area contributed by atoms with Gasteiger partial charge in [-0.3, -0.25) is 0 Å². The van der Waals surface area contributed by atoms with Crippen LogP contribution >= 0.6 is 102 Å². The molecule has 9 heteroatoms. The van der Waals surface area contributed by atoms with Gasteiger partial charge >= 0.3 is 0 Å². The number of rotatable bonds is 4. The number of hydrogen-bond donors (Lipinski definition) is 0. The van der Waals surface area contributed by atoms with Crippen molar-refractivity contribution in [2.24, 2.45) is 0 Å². The van der Waals surface area contributed by atoms with E-state index in [9.17, 15) is 0 Å². The number of hydrogen-bond acceptors (Lipinski definition) is 9. The van der Waals surface area contributed by atoms with E-state index in [1.54, 1.807) is 0 Å². The van der Waals surface area contributed by atoms with E-state index in [0.29, 0.717) is 0 Å². The molecule has 0 unspecified atom stereocenters. The summed E-state index contributed by atoms with van der Waals surface area (Å²) in [6.07, 6.45) is 0. The van der Waals surface area contributed by atoms with Crippen LogP contribution in [0.1, 0.15) is 84.9 Å². The standard InChI is InChI=1S/C20H16S2.C18H16S.C16H14.C14H12S.C12H10S2.C8H8S2.C8H10.C6H8S/c1-13-3-7-15(8-4-13)17-11-19-20(21-17)12-18(22-19)16-9-5-14(2)6-10-16;1-13-3-7-15(8-4-13)17-11-12-18(19-17)16-9-5-14(2)6-10-16;1-11-3-7-15-13(9-11)5-6-14-10-12(2)4-8-16(14)15;1-9-3-5-11-12-6-4-10(2)8-14(12)15-13(11)7-9;1-7-3-9-5-12-10(4-8(2)14-12)6-11(9)13-7;1-5-3-7-8(9-5)4-6(2)10-7;1-7-3-5-8(2)6-4-7;1-5-3-4-6(2)7-5/h3-12H,1-2H3;3-12H,1-2H3;3-10H,1-2H3;3-8H,1-2H3;3-6H,1-2H3;3-4H,1-2H3;3-6H,1-2H3;3-4H,1-2H3. The Balaban J connectivity index is 0.000000114. The van der Waals surface area contributed by atoms with Crippen LogP contribution in [0.4, 0.5) is 0 Å². The summed E-state index contributed by atoms with van der Waals surface area (Å²) in [7, 11) is 0. The monoisotopic (exact) mass is 1610 g/mol. The van der Waals surface area contributed by atoms with E-state index in [0.717, 1.165) is 0 Å². The minimum Gasteiger partial charge on any atom is -0.146 e. The summed E-state index contributed by atoms with van der Waals surface area (Å²) in [5.41, 5.74) is 18.4. The zero-order chi connectivity index (χ0) is 78.0. The van der Waals surface area contributed by atoms with Crippen molar-refractivity contribution in [3.63, 3.8) is 0 Å². The Morgan fingerprint density at radius 2 is 0.414 bits per heavy atom. The third kappa shape index (κ3) is 21.1. The van der Waals surface area contributed by atoms with Gasteiger partial charge in [-0.2, -0.15) is 0 Å². The SMILES string of the molecule is Cc1cc2cc3sc(C)cc3cc2s1.Cc1cc2sc(C)cc2s1.Cc1ccc(-c2cc3sc(-c4ccc(C)cc4)cc3s2)cc1.Cc1ccc(-c2ccc(-c3ccc(C)cc3)s2)cc1.Cc1ccc(C)cc1.Cc1ccc(C)s1.Cc1ccc2c(c1)sc1cc(C)ccc12.Cc1ccc2c(ccc3cc(C)ccc32)c1. The molecule has 0 aliphatic heterocycles. The molecule has 0 radical (unpaired) electrons. The first-order valence-electron chi connectivity index (χ1n) is 37.6. The molecular formula is C102H94S9. The van der Waals surface area contributed by atoms with Gasteiger partial charge in [-0.25, -0.2) is 0 Å². The largest absolute Gasteiger partial charge is 0.146 e. The Hall–Kier alpha value is -9.20. The second kappa shape index (κ2) is 36.5. The fourth-order valence-electron chi connectivity index (χ4n) is 13.0. The third-order valence-electron chi connectivity index (χ3n) is 19.0. The Morgan fingerprint density at radius 1 is 0.135 bits per heavy atom. The van der Waals surface area contributed by atoms with E-state index in [2.05, 4.69) is 390 Å². The lowest BCUT2D eigenvalue weighted by molar-refractivity contribution is 1.40. The molecule has 20 rings (SSSR count). The fourth-order valence-corrected chi connectivity index (χ4v) is 22.7. The molecule has 0 spiro atoms. The van der Waals surface area contributed by atoms with Gasteiger partial charge in [0.1, 0.15) is 0 Å². The molecular weight excluding hydrogens is 1510 g/mol. The highest BCUT2D eigenvalue weighted by Crippen LogP contribution is 2.43. The minimum atomic E-state index is 1.30. The fraction of sp³-hybridized carbons (Fsp3) is 0.157. The number of benzene rings is 11. The van der Waals surface area contributed by atoms with Crippen molar-refractivity contribution >= 4 is 183 Å². The summed E-state index contributed by atoms with van der Waals surface area (Å²) in [4.78, 5) is 13.8. The third-order valence-corrected chi connectivity index (χ3v) is 28.8. The summed E-state index contributed by atoms with van der Waals surface area (Å²) in [5, 5.41) is 10.9. The van der Waals surface area contributed by atoms with Crippen LogP contribution in [-0.4, -0.2) is 0 Å². The van der Waals surface area contributed by atoms with Crippen LogP contribution in [0, 0.1) is 111 Å². The lowest BCUT2D eigenvalue weighted by Crippen LogP contribution is -1.80. The van der Waals surface area contributed by atoms with Crippen molar-refractivity contribution in [1.29, 1.82) is 0 Å². The first kappa shape index (κ1) is 79.9. The van der Waals surface area contributed by atoms with Crippen LogP contribution in [0.25, 0.3) is 122 Å². The van der Waals surface area contributed by atoms with E-state index in [-0.39, 0.29) is 0 Å². The second-order valence-electron chi connectivity index (χ2n) is 29.1. The predicted molar refractivity (Wildman–Crippen MR) is 510 cm³/mol. The maximum Gasteiger partial charge on any atom is 0.0463 e. The van der Waals surface area contributed by atoms with Crippen LogP contribution in [-0.2, 0) is 0 Å². The summed E-state index contributed by atoms with van der Waals surface area (Å²) in [6.45, 7) is 34.2. The van der Waals surface area contributed by atoms with E-state index >= 15 is 0 Å². The highest BCUT2D eigenvalue weighted by atomic mass is 32.1. The maximum atomic E-state index is 2.33. The predicted octanol–water partition coefficient (Wildman–Crippen LogP) is 34.9. The van der Waals surface area contributed by atoms with Gasteiger partial charge in [0.2, 0.25) is 0 Å². The van der Waals surface area contributed by atoms with E-state index in [4.69, 9.17) is 0 Å². The van der Waals surface area contributed by atoms with Crippen molar-refractivity contribution in [3.8, 4) is 41.8 Å². The molecule has 0 saturated heterocycles. The van der Waals surface area contributed by atoms with Crippen LogP contribution in [0.3, 0.4) is 0 Å². The molecule has 0 atom stereocenters. The summed E-state index contributed by atoms with van der Waals surface area (Å²) in [6, 6.07) is 102. The van der Waals surface area contributed by atoms with Crippen molar-refractivity contribution in [2.45, 2.75) is 111 Å². The molecule has 0 saturated carbocycles. The molecule has 0 aliphatic rings. The summed E-state index contributed by atoms with van der Waals surface area (Å²) >= 11 is 16.9. The molecule has 9 heterocycles. The molecule has 0 N–H and O–H groups in total. The molecule has 0 bridgehead atoms. The average Bonchev–Trinajstić information content (AvgIpc) is 1.76. The molecule has 0 fully saturated rings. The topological polar surface area (TPSA) is 0 Å². The van der Waals surface area contributed by atoms with Gasteiger partial charge in [-0.05, 0) is 261 Å².